The minimum absolute atomic E-state index is 0. The molecule has 0 aromatic heterocycles. The lowest BCUT2D eigenvalue weighted by Gasteiger charge is -2.43. The molecule has 0 atom stereocenters. The lowest BCUT2D eigenvalue weighted by molar-refractivity contribution is 0.295. The number of hydrogen-bond donors (Lipinski definition) is 1. The average Bonchev–Trinajstić information content (AvgIpc) is 2.41. The van der Waals surface area contributed by atoms with Gasteiger partial charge in [0.05, 0.1) is 0 Å². The van der Waals surface area contributed by atoms with Crippen LogP contribution in [0.2, 0.25) is 0 Å². The Hall–Kier alpha value is -0.790. The van der Waals surface area contributed by atoms with E-state index in [-0.39, 0.29) is 17.9 Å². The van der Waals surface area contributed by atoms with Crippen LogP contribution in [0, 0.1) is 0 Å². The van der Waals surface area contributed by atoms with Crippen molar-refractivity contribution < 1.29 is 0 Å². The third-order valence-corrected chi connectivity index (χ3v) is 4.26. The van der Waals surface area contributed by atoms with Crippen molar-refractivity contribution in [1.29, 1.82) is 0 Å². The molecule has 0 amide bonds. The molecule has 3 rings (SSSR count). The third-order valence-electron chi connectivity index (χ3n) is 4.26. The second-order valence-electron chi connectivity index (χ2n) is 5.34. The van der Waals surface area contributed by atoms with Crippen LogP contribution in [-0.2, 0) is 0 Å². The molecule has 18 heavy (non-hydrogen) atoms. The third kappa shape index (κ3) is 2.48. The molecule has 2 aliphatic rings. The second kappa shape index (κ2) is 5.90. The first-order valence-corrected chi connectivity index (χ1v) is 6.92. The van der Waals surface area contributed by atoms with Gasteiger partial charge < -0.3 is 5.32 Å². The van der Waals surface area contributed by atoms with Gasteiger partial charge in [-0.15, -0.1) is 12.4 Å². The Morgan fingerprint density at radius 1 is 0.944 bits per heavy atom. The molecule has 1 aromatic carbocycles. The standard InChI is InChI=1S/C16H21N.ClH/c1-3-8-14(9-4-1)15-10-7-13-17-16(15)11-5-2-6-12-16;/h1,3-4,8-10,17H,2,5-7,11-13H2;1H. The maximum absolute atomic E-state index is 3.81. The summed E-state index contributed by atoms with van der Waals surface area (Å²) >= 11 is 0. The number of halogens is 1. The SMILES string of the molecule is C1=C(c2ccccc2)C2(CCCCC2)NCC1.Cl. The molecule has 0 bridgehead atoms. The summed E-state index contributed by atoms with van der Waals surface area (Å²) in [6, 6.07) is 10.9. The number of rotatable bonds is 1. The summed E-state index contributed by atoms with van der Waals surface area (Å²) in [5.41, 5.74) is 3.27. The van der Waals surface area contributed by atoms with E-state index in [0.717, 1.165) is 6.54 Å². The summed E-state index contributed by atoms with van der Waals surface area (Å²) in [6.07, 6.45) is 10.4. The highest BCUT2D eigenvalue weighted by Gasteiger charge is 2.36. The van der Waals surface area contributed by atoms with Gasteiger partial charge in [0.1, 0.15) is 0 Å². The molecule has 1 spiro atoms. The summed E-state index contributed by atoms with van der Waals surface area (Å²) in [5, 5.41) is 3.81. The molecule has 0 radical (unpaired) electrons. The van der Waals surface area contributed by atoms with Crippen LogP contribution in [0.3, 0.4) is 0 Å². The minimum Gasteiger partial charge on any atom is -0.307 e. The van der Waals surface area contributed by atoms with Gasteiger partial charge in [-0.2, -0.15) is 0 Å². The van der Waals surface area contributed by atoms with Gasteiger partial charge in [0.25, 0.3) is 0 Å². The predicted octanol–water partition coefficient (Wildman–Crippen LogP) is 4.19. The van der Waals surface area contributed by atoms with Gasteiger partial charge >= 0.3 is 0 Å². The molecule has 1 N–H and O–H groups in total. The summed E-state index contributed by atoms with van der Waals surface area (Å²) < 4.78 is 0. The van der Waals surface area contributed by atoms with Crippen molar-refractivity contribution in [3.8, 4) is 0 Å². The molecule has 0 saturated heterocycles. The Kier molecular flexibility index (Phi) is 4.47. The summed E-state index contributed by atoms with van der Waals surface area (Å²) in [6.45, 7) is 1.15. The van der Waals surface area contributed by atoms with E-state index in [1.165, 1.54) is 44.1 Å². The van der Waals surface area contributed by atoms with Gasteiger partial charge in [-0.25, -0.2) is 0 Å². The fraction of sp³-hybridized carbons (Fsp3) is 0.500. The molecule has 1 saturated carbocycles. The van der Waals surface area contributed by atoms with Gasteiger partial charge in [-0.3, -0.25) is 0 Å². The minimum atomic E-state index is 0. The van der Waals surface area contributed by atoms with Crippen molar-refractivity contribution in [3.63, 3.8) is 0 Å². The summed E-state index contributed by atoms with van der Waals surface area (Å²) in [7, 11) is 0. The van der Waals surface area contributed by atoms with Crippen LogP contribution < -0.4 is 5.32 Å². The maximum Gasteiger partial charge on any atom is 0.0437 e. The van der Waals surface area contributed by atoms with Gasteiger partial charge in [-0.1, -0.05) is 55.7 Å². The van der Waals surface area contributed by atoms with Crippen LogP contribution >= 0.6 is 12.4 Å². The van der Waals surface area contributed by atoms with Crippen LogP contribution in [0.15, 0.2) is 36.4 Å². The zero-order valence-corrected chi connectivity index (χ0v) is 11.6. The van der Waals surface area contributed by atoms with Crippen LogP contribution in [0.5, 0.6) is 0 Å². The molecule has 98 valence electrons. The second-order valence-corrected chi connectivity index (χ2v) is 5.34. The molecule has 1 aliphatic carbocycles. The Bertz CT molecular complexity index is 404. The fourth-order valence-corrected chi connectivity index (χ4v) is 3.43. The Labute approximate surface area is 116 Å². The topological polar surface area (TPSA) is 12.0 Å². The van der Waals surface area contributed by atoms with Crippen LogP contribution in [0.1, 0.15) is 44.1 Å². The van der Waals surface area contributed by atoms with Gasteiger partial charge in [0, 0.05) is 5.54 Å². The van der Waals surface area contributed by atoms with E-state index in [1.54, 1.807) is 5.57 Å². The molecule has 2 heteroatoms. The highest BCUT2D eigenvalue weighted by Crippen LogP contribution is 2.41. The van der Waals surface area contributed by atoms with E-state index in [9.17, 15) is 0 Å². The van der Waals surface area contributed by atoms with Gasteiger partial charge in [-0.05, 0) is 36.9 Å². The van der Waals surface area contributed by atoms with Crippen molar-refractivity contribution in [1.82, 2.24) is 5.32 Å². The molecule has 1 heterocycles. The zero-order chi connectivity index (χ0) is 11.6. The number of hydrogen-bond acceptors (Lipinski definition) is 1. The van der Waals surface area contributed by atoms with Crippen molar-refractivity contribution in [2.45, 2.75) is 44.1 Å². The van der Waals surface area contributed by atoms with E-state index in [2.05, 4.69) is 41.7 Å². The predicted molar refractivity (Wildman–Crippen MR) is 80.1 cm³/mol. The monoisotopic (exact) mass is 263 g/mol. The first-order chi connectivity index (χ1) is 8.41. The highest BCUT2D eigenvalue weighted by atomic mass is 35.5. The summed E-state index contributed by atoms with van der Waals surface area (Å²) in [5.74, 6) is 0. The lowest BCUT2D eigenvalue weighted by atomic mass is 9.72. The Balaban J connectivity index is 0.00000120. The number of nitrogens with one attached hydrogen (secondary N) is 1. The van der Waals surface area contributed by atoms with E-state index < -0.39 is 0 Å². The Morgan fingerprint density at radius 2 is 1.67 bits per heavy atom. The molecule has 1 fully saturated rings. The molecule has 0 unspecified atom stereocenters. The first kappa shape index (κ1) is 13.6. The molecular weight excluding hydrogens is 242 g/mol. The van der Waals surface area contributed by atoms with E-state index in [1.807, 2.05) is 0 Å². The van der Waals surface area contributed by atoms with Crippen LogP contribution in [0.4, 0.5) is 0 Å². The smallest absolute Gasteiger partial charge is 0.0437 e. The average molecular weight is 264 g/mol. The van der Waals surface area contributed by atoms with Crippen LogP contribution in [0.25, 0.3) is 5.57 Å². The van der Waals surface area contributed by atoms with E-state index >= 15 is 0 Å². The van der Waals surface area contributed by atoms with Gasteiger partial charge in [0.15, 0.2) is 0 Å². The molecular formula is C16H22ClN. The lowest BCUT2D eigenvalue weighted by Crippen LogP contribution is -2.49. The Morgan fingerprint density at radius 3 is 2.39 bits per heavy atom. The zero-order valence-electron chi connectivity index (χ0n) is 10.8. The van der Waals surface area contributed by atoms with E-state index in [0.29, 0.717) is 0 Å². The first-order valence-electron chi connectivity index (χ1n) is 6.92. The largest absolute Gasteiger partial charge is 0.307 e. The van der Waals surface area contributed by atoms with Crippen molar-refractivity contribution in [2.75, 3.05) is 6.54 Å². The quantitative estimate of drug-likeness (QED) is 0.801. The number of benzene rings is 1. The van der Waals surface area contributed by atoms with Crippen LogP contribution in [-0.4, -0.2) is 12.1 Å². The maximum atomic E-state index is 3.81. The van der Waals surface area contributed by atoms with Crippen molar-refractivity contribution >= 4 is 18.0 Å². The summed E-state index contributed by atoms with van der Waals surface area (Å²) in [4.78, 5) is 0. The molecule has 1 aromatic rings. The van der Waals surface area contributed by atoms with E-state index in [4.69, 9.17) is 0 Å². The highest BCUT2D eigenvalue weighted by molar-refractivity contribution is 5.85. The molecule has 1 nitrogen and oxygen atoms in total. The van der Waals surface area contributed by atoms with Crippen molar-refractivity contribution in [3.05, 3.63) is 42.0 Å². The normalized spacial score (nSPS) is 22.1. The van der Waals surface area contributed by atoms with Gasteiger partial charge in [0.2, 0.25) is 0 Å². The molecule has 1 aliphatic heterocycles. The fourth-order valence-electron chi connectivity index (χ4n) is 3.43. The van der Waals surface area contributed by atoms with Crippen molar-refractivity contribution in [2.24, 2.45) is 0 Å².